The van der Waals surface area contributed by atoms with Crippen molar-refractivity contribution in [3.05, 3.63) is 64.9 Å². The Labute approximate surface area is 164 Å². The third-order valence-electron chi connectivity index (χ3n) is 4.04. The molecule has 0 fully saturated rings. The van der Waals surface area contributed by atoms with Gasteiger partial charge in [-0.2, -0.15) is 0 Å². The molecule has 0 spiro atoms. The quantitative estimate of drug-likeness (QED) is 0.722. The lowest BCUT2D eigenvalue weighted by molar-refractivity contribution is -0.122. The molecule has 1 amide bonds. The van der Waals surface area contributed by atoms with Gasteiger partial charge in [0.15, 0.2) is 0 Å². The number of sulfonamides is 1. The standard InChI is InChI=1S/C19H22ClFN2O3S/c1-3-18(19(24)22-13-12-14-4-8-16(21)9-5-14)23(27(2,25)26)17-10-6-15(20)7-11-17/h4-11,18H,3,12-13H2,1-2H3,(H,22,24)/t18-/m1/s1. The van der Waals surface area contributed by atoms with Gasteiger partial charge >= 0.3 is 0 Å². The second kappa shape index (κ2) is 9.19. The highest BCUT2D eigenvalue weighted by Gasteiger charge is 2.31. The Morgan fingerprint density at radius 1 is 1.15 bits per heavy atom. The van der Waals surface area contributed by atoms with Crippen molar-refractivity contribution in [2.45, 2.75) is 25.8 Å². The molecule has 2 rings (SSSR count). The van der Waals surface area contributed by atoms with Crippen LogP contribution in [0.1, 0.15) is 18.9 Å². The molecule has 27 heavy (non-hydrogen) atoms. The minimum atomic E-state index is -3.68. The summed E-state index contributed by atoms with van der Waals surface area (Å²) < 4.78 is 38.7. The summed E-state index contributed by atoms with van der Waals surface area (Å²) in [6.45, 7) is 2.07. The zero-order chi connectivity index (χ0) is 20.0. The number of halogens is 2. The summed E-state index contributed by atoms with van der Waals surface area (Å²) in [4.78, 5) is 12.6. The van der Waals surface area contributed by atoms with Crippen molar-refractivity contribution in [2.24, 2.45) is 0 Å². The highest BCUT2D eigenvalue weighted by molar-refractivity contribution is 7.92. The van der Waals surface area contributed by atoms with Crippen LogP contribution < -0.4 is 9.62 Å². The fraction of sp³-hybridized carbons (Fsp3) is 0.316. The number of nitrogens with zero attached hydrogens (tertiary/aromatic N) is 1. The lowest BCUT2D eigenvalue weighted by Gasteiger charge is -2.30. The number of benzene rings is 2. The second-order valence-corrected chi connectivity index (χ2v) is 8.42. The molecule has 0 aliphatic carbocycles. The zero-order valence-corrected chi connectivity index (χ0v) is 16.7. The first-order valence-electron chi connectivity index (χ1n) is 8.49. The molecule has 0 saturated heterocycles. The second-order valence-electron chi connectivity index (χ2n) is 6.13. The molecule has 0 saturated carbocycles. The number of hydrogen-bond acceptors (Lipinski definition) is 3. The van der Waals surface area contributed by atoms with Gasteiger partial charge in [-0.1, -0.05) is 30.7 Å². The zero-order valence-electron chi connectivity index (χ0n) is 15.2. The number of anilines is 1. The lowest BCUT2D eigenvalue weighted by atomic mass is 10.1. The van der Waals surface area contributed by atoms with Crippen molar-refractivity contribution in [1.29, 1.82) is 0 Å². The maximum absolute atomic E-state index is 12.9. The molecular formula is C19H22ClFN2O3S. The van der Waals surface area contributed by atoms with Crippen molar-refractivity contribution in [1.82, 2.24) is 5.32 Å². The van der Waals surface area contributed by atoms with E-state index in [1.807, 2.05) is 0 Å². The molecule has 2 aromatic carbocycles. The minimum Gasteiger partial charge on any atom is -0.354 e. The Bertz CT molecular complexity index is 871. The summed E-state index contributed by atoms with van der Waals surface area (Å²) in [6.07, 6.45) is 1.89. The summed E-state index contributed by atoms with van der Waals surface area (Å²) in [5.41, 5.74) is 1.25. The molecule has 2 aromatic rings. The van der Waals surface area contributed by atoms with E-state index in [9.17, 15) is 17.6 Å². The van der Waals surface area contributed by atoms with Crippen molar-refractivity contribution in [3.8, 4) is 0 Å². The van der Waals surface area contributed by atoms with Gasteiger partial charge in [0.05, 0.1) is 11.9 Å². The topological polar surface area (TPSA) is 66.5 Å². The molecule has 0 aliphatic heterocycles. The number of carbonyl (C=O) groups is 1. The fourth-order valence-corrected chi connectivity index (χ4v) is 4.08. The number of carbonyl (C=O) groups excluding carboxylic acids is 1. The van der Waals surface area contributed by atoms with Crippen molar-refractivity contribution in [2.75, 3.05) is 17.1 Å². The van der Waals surface area contributed by atoms with Gasteiger partial charge in [-0.05, 0) is 54.8 Å². The number of nitrogens with one attached hydrogen (secondary N) is 1. The van der Waals surface area contributed by atoms with E-state index in [4.69, 9.17) is 11.6 Å². The minimum absolute atomic E-state index is 0.304. The number of hydrogen-bond donors (Lipinski definition) is 1. The van der Waals surface area contributed by atoms with Gasteiger partial charge in [0, 0.05) is 11.6 Å². The molecule has 146 valence electrons. The molecule has 1 N–H and O–H groups in total. The van der Waals surface area contributed by atoms with Crippen LogP contribution in [-0.2, 0) is 21.2 Å². The summed E-state index contributed by atoms with van der Waals surface area (Å²) in [5.74, 6) is -0.708. The first-order chi connectivity index (χ1) is 12.7. The molecule has 0 aliphatic rings. The largest absolute Gasteiger partial charge is 0.354 e. The van der Waals surface area contributed by atoms with E-state index in [1.165, 1.54) is 12.1 Å². The van der Waals surface area contributed by atoms with Crippen LogP contribution in [0.3, 0.4) is 0 Å². The highest BCUT2D eigenvalue weighted by Crippen LogP contribution is 2.24. The van der Waals surface area contributed by atoms with Crippen LogP contribution in [0.4, 0.5) is 10.1 Å². The third-order valence-corrected chi connectivity index (χ3v) is 5.47. The van der Waals surface area contributed by atoms with E-state index in [0.717, 1.165) is 16.1 Å². The van der Waals surface area contributed by atoms with E-state index in [2.05, 4.69) is 5.32 Å². The van der Waals surface area contributed by atoms with Gasteiger partial charge in [0.2, 0.25) is 15.9 Å². The van der Waals surface area contributed by atoms with Crippen molar-refractivity contribution >= 4 is 33.2 Å². The van der Waals surface area contributed by atoms with E-state index < -0.39 is 16.1 Å². The van der Waals surface area contributed by atoms with E-state index in [1.54, 1.807) is 43.3 Å². The molecule has 1 atom stereocenters. The van der Waals surface area contributed by atoms with Gasteiger partial charge in [0.25, 0.3) is 0 Å². The van der Waals surface area contributed by atoms with Crippen LogP contribution in [-0.4, -0.2) is 33.2 Å². The number of amides is 1. The molecule has 0 unspecified atom stereocenters. The van der Waals surface area contributed by atoms with Crippen LogP contribution in [0.2, 0.25) is 5.02 Å². The average Bonchev–Trinajstić information content (AvgIpc) is 2.61. The van der Waals surface area contributed by atoms with E-state index in [-0.39, 0.29) is 11.7 Å². The highest BCUT2D eigenvalue weighted by atomic mass is 35.5. The van der Waals surface area contributed by atoms with Gasteiger partial charge < -0.3 is 5.32 Å². The maximum atomic E-state index is 12.9. The van der Waals surface area contributed by atoms with Crippen LogP contribution in [0, 0.1) is 5.82 Å². The molecule has 0 radical (unpaired) electrons. The summed E-state index contributed by atoms with van der Waals surface area (Å²) in [6, 6.07) is 11.4. The van der Waals surface area contributed by atoms with E-state index in [0.29, 0.717) is 30.1 Å². The van der Waals surface area contributed by atoms with Crippen LogP contribution >= 0.6 is 11.6 Å². The molecular weight excluding hydrogens is 391 g/mol. The smallest absolute Gasteiger partial charge is 0.243 e. The predicted octanol–water partition coefficient (Wildman–Crippen LogP) is 3.38. The predicted molar refractivity (Wildman–Crippen MR) is 106 cm³/mol. The van der Waals surface area contributed by atoms with Crippen LogP contribution in [0.15, 0.2) is 48.5 Å². The fourth-order valence-electron chi connectivity index (χ4n) is 2.75. The van der Waals surface area contributed by atoms with Crippen LogP contribution in [0.5, 0.6) is 0 Å². The van der Waals surface area contributed by atoms with Crippen LogP contribution in [0.25, 0.3) is 0 Å². The van der Waals surface area contributed by atoms with Gasteiger partial charge in [-0.3, -0.25) is 9.10 Å². The molecule has 8 heteroatoms. The molecule has 0 aromatic heterocycles. The molecule has 5 nitrogen and oxygen atoms in total. The molecule has 0 bridgehead atoms. The normalized spacial score (nSPS) is 12.4. The Hall–Kier alpha value is -2.12. The Morgan fingerprint density at radius 3 is 2.26 bits per heavy atom. The first-order valence-corrected chi connectivity index (χ1v) is 10.7. The Kier molecular flexibility index (Phi) is 7.21. The maximum Gasteiger partial charge on any atom is 0.243 e. The lowest BCUT2D eigenvalue weighted by Crippen LogP contribution is -2.49. The Morgan fingerprint density at radius 2 is 1.74 bits per heavy atom. The summed E-state index contributed by atoms with van der Waals surface area (Å²) in [5, 5.41) is 3.24. The monoisotopic (exact) mass is 412 g/mol. The Balaban J connectivity index is 2.11. The van der Waals surface area contributed by atoms with E-state index >= 15 is 0 Å². The summed E-state index contributed by atoms with van der Waals surface area (Å²) >= 11 is 5.87. The SMILES string of the molecule is CC[C@H](C(=O)NCCc1ccc(F)cc1)N(c1ccc(Cl)cc1)S(C)(=O)=O. The number of rotatable bonds is 8. The van der Waals surface area contributed by atoms with Crippen molar-refractivity contribution in [3.63, 3.8) is 0 Å². The average molecular weight is 413 g/mol. The van der Waals surface area contributed by atoms with Gasteiger partial charge in [-0.15, -0.1) is 0 Å². The van der Waals surface area contributed by atoms with Gasteiger partial charge in [-0.25, -0.2) is 12.8 Å². The first kappa shape index (κ1) is 21.2. The molecule has 0 heterocycles. The third kappa shape index (κ3) is 5.94. The van der Waals surface area contributed by atoms with Crippen molar-refractivity contribution < 1.29 is 17.6 Å². The van der Waals surface area contributed by atoms with Gasteiger partial charge in [0.1, 0.15) is 11.9 Å². The summed E-state index contributed by atoms with van der Waals surface area (Å²) in [7, 11) is -3.68.